The van der Waals surface area contributed by atoms with Crippen LogP contribution >= 0.6 is 11.6 Å². The van der Waals surface area contributed by atoms with Gasteiger partial charge >= 0.3 is 0 Å². The molecule has 0 radical (unpaired) electrons. The number of carbonyl (C=O) groups excluding carboxylic acids is 1. The highest BCUT2D eigenvalue weighted by Gasteiger charge is 2.23. The fourth-order valence-electron chi connectivity index (χ4n) is 4.33. The molecule has 0 aliphatic carbocycles. The number of amides is 1. The second-order valence-corrected chi connectivity index (χ2v) is 11.6. The molecule has 9 heteroatoms. The van der Waals surface area contributed by atoms with Crippen molar-refractivity contribution in [3.05, 3.63) is 118 Å². The molecule has 7 nitrogen and oxygen atoms in total. The van der Waals surface area contributed by atoms with Crippen molar-refractivity contribution in [2.24, 2.45) is 5.10 Å². The number of sulfonamides is 1. The number of rotatable bonds is 9. The summed E-state index contributed by atoms with van der Waals surface area (Å²) in [4.78, 5) is 13.0. The Bertz CT molecular complexity index is 1610. The van der Waals surface area contributed by atoms with Gasteiger partial charge in [0.1, 0.15) is 0 Å². The average Bonchev–Trinajstić information content (AvgIpc) is 3.18. The van der Waals surface area contributed by atoms with Crippen LogP contribution in [0, 0.1) is 27.7 Å². The number of benzene rings is 3. The summed E-state index contributed by atoms with van der Waals surface area (Å²) >= 11 is 6.33. The molecule has 2 N–H and O–H groups in total. The van der Waals surface area contributed by atoms with E-state index in [0.717, 1.165) is 33.8 Å². The Hall–Kier alpha value is -3.72. The van der Waals surface area contributed by atoms with Crippen molar-refractivity contribution in [3.63, 3.8) is 0 Å². The van der Waals surface area contributed by atoms with Gasteiger partial charge in [0.05, 0.1) is 17.2 Å². The molecule has 0 aliphatic heterocycles. The van der Waals surface area contributed by atoms with Crippen molar-refractivity contribution in [1.82, 2.24) is 14.7 Å². The molecule has 0 spiro atoms. The van der Waals surface area contributed by atoms with Crippen LogP contribution in [0.15, 0.2) is 88.9 Å². The van der Waals surface area contributed by atoms with E-state index in [-0.39, 0.29) is 11.3 Å². The summed E-state index contributed by atoms with van der Waals surface area (Å²) in [6, 6.07) is 22.7. The van der Waals surface area contributed by atoms with Gasteiger partial charge in [0.25, 0.3) is 0 Å². The van der Waals surface area contributed by atoms with Crippen LogP contribution in [0.4, 0.5) is 0 Å². The lowest BCUT2D eigenvalue weighted by atomic mass is 10.0. The van der Waals surface area contributed by atoms with Gasteiger partial charge in [-0.05, 0) is 69.2 Å². The molecular weight excluding hydrogens is 532 g/mol. The van der Waals surface area contributed by atoms with Crippen LogP contribution < -0.4 is 10.1 Å². The van der Waals surface area contributed by atoms with Crippen molar-refractivity contribution in [2.45, 2.75) is 45.1 Å². The second-order valence-electron chi connectivity index (χ2n) is 9.49. The van der Waals surface area contributed by atoms with E-state index in [9.17, 15) is 13.2 Å². The number of hydrazone groups is 1. The van der Waals surface area contributed by atoms with Crippen LogP contribution in [0.25, 0.3) is 5.69 Å². The Labute approximate surface area is 234 Å². The number of hydrogen-bond donors (Lipinski definition) is 2. The minimum atomic E-state index is -3.85. The van der Waals surface area contributed by atoms with Crippen LogP contribution in [0.2, 0.25) is 5.02 Å². The topological polar surface area (TPSA) is 92.6 Å². The molecule has 0 unspecified atom stereocenters. The van der Waals surface area contributed by atoms with Crippen molar-refractivity contribution in [1.29, 1.82) is 0 Å². The lowest BCUT2D eigenvalue weighted by Crippen LogP contribution is -2.32. The number of nitrogens with zero attached hydrogens (tertiary/aromatic N) is 2. The molecule has 0 aliphatic rings. The van der Waals surface area contributed by atoms with E-state index in [4.69, 9.17) is 11.6 Å². The lowest BCUT2D eigenvalue weighted by Gasteiger charge is -2.18. The molecule has 1 amide bonds. The molecule has 0 bridgehead atoms. The Morgan fingerprint density at radius 2 is 1.67 bits per heavy atom. The number of aromatic nitrogens is 1. The standard InChI is InChI=1S/C30H31ClN4O3S/c1-20-10-14-27(15-11-20)39(37,38)34-29(24-8-6-5-7-9-24)18-30(36)33-32-19-25-16-22(3)35(23(25)4)26-13-12-21(2)28(31)17-26/h5-17,19,29,34H,18H2,1-4H3,(H,33,36)/b32-19-/t29-/m0/s1. The van der Waals surface area contributed by atoms with Gasteiger partial charge in [-0.15, -0.1) is 0 Å². The summed E-state index contributed by atoms with van der Waals surface area (Å²) < 4.78 is 30.9. The fourth-order valence-corrected chi connectivity index (χ4v) is 5.73. The Kier molecular flexibility index (Phi) is 8.70. The number of aryl methyl sites for hydroxylation is 3. The third kappa shape index (κ3) is 6.84. The minimum absolute atomic E-state index is 0.132. The second kappa shape index (κ2) is 12.0. The van der Waals surface area contributed by atoms with Crippen LogP contribution in [0.5, 0.6) is 0 Å². The summed E-state index contributed by atoms with van der Waals surface area (Å²) in [6.07, 6.45) is 1.45. The first-order valence-corrected chi connectivity index (χ1v) is 14.3. The molecule has 0 saturated heterocycles. The SMILES string of the molecule is Cc1ccc(S(=O)(=O)N[C@@H](CC(=O)N/N=C\c2cc(C)n(-c3ccc(C)c(Cl)c3)c2C)c2ccccc2)cc1. The highest BCUT2D eigenvalue weighted by molar-refractivity contribution is 7.89. The van der Waals surface area contributed by atoms with Crippen molar-refractivity contribution in [2.75, 3.05) is 0 Å². The molecule has 0 saturated carbocycles. The van der Waals surface area contributed by atoms with Crippen LogP contribution in [-0.4, -0.2) is 25.1 Å². The maximum atomic E-state index is 13.1. The fraction of sp³-hybridized carbons (Fsp3) is 0.200. The predicted molar refractivity (Wildman–Crippen MR) is 156 cm³/mol. The summed E-state index contributed by atoms with van der Waals surface area (Å²) in [5, 5.41) is 4.84. The van der Waals surface area contributed by atoms with Gasteiger partial charge in [0, 0.05) is 34.1 Å². The van der Waals surface area contributed by atoms with Crippen LogP contribution in [0.1, 0.15) is 46.1 Å². The van der Waals surface area contributed by atoms with Gasteiger partial charge in [-0.3, -0.25) is 4.79 Å². The molecule has 3 aromatic carbocycles. The van der Waals surface area contributed by atoms with E-state index in [1.807, 2.05) is 58.0 Å². The molecule has 1 heterocycles. The summed E-state index contributed by atoms with van der Waals surface area (Å²) in [5.74, 6) is -0.425. The van der Waals surface area contributed by atoms with E-state index in [1.54, 1.807) is 54.7 Å². The summed E-state index contributed by atoms with van der Waals surface area (Å²) in [7, 11) is -3.85. The smallest absolute Gasteiger partial charge is 0.242 e. The number of halogens is 1. The zero-order valence-corrected chi connectivity index (χ0v) is 23.8. The van der Waals surface area contributed by atoms with E-state index >= 15 is 0 Å². The molecule has 1 atom stereocenters. The van der Waals surface area contributed by atoms with E-state index < -0.39 is 22.0 Å². The van der Waals surface area contributed by atoms with E-state index in [0.29, 0.717) is 10.6 Å². The van der Waals surface area contributed by atoms with E-state index in [2.05, 4.69) is 19.8 Å². The maximum Gasteiger partial charge on any atom is 0.242 e. The quantitative estimate of drug-likeness (QED) is 0.196. The monoisotopic (exact) mass is 562 g/mol. The lowest BCUT2D eigenvalue weighted by molar-refractivity contribution is -0.121. The van der Waals surface area contributed by atoms with Gasteiger partial charge in [-0.25, -0.2) is 18.6 Å². The van der Waals surface area contributed by atoms with Gasteiger partial charge in [-0.2, -0.15) is 5.10 Å². The first kappa shape index (κ1) is 28.3. The van der Waals surface area contributed by atoms with Gasteiger partial charge in [0.2, 0.25) is 15.9 Å². The third-order valence-electron chi connectivity index (χ3n) is 6.50. The minimum Gasteiger partial charge on any atom is -0.318 e. The predicted octanol–water partition coefficient (Wildman–Crippen LogP) is 5.92. The number of carbonyl (C=O) groups is 1. The first-order valence-electron chi connectivity index (χ1n) is 12.5. The van der Waals surface area contributed by atoms with Gasteiger partial charge in [0.15, 0.2) is 0 Å². The molecule has 0 fully saturated rings. The summed E-state index contributed by atoms with van der Waals surface area (Å²) in [5.41, 5.74) is 8.89. The highest BCUT2D eigenvalue weighted by atomic mass is 35.5. The Morgan fingerprint density at radius 1 is 0.974 bits per heavy atom. The largest absolute Gasteiger partial charge is 0.318 e. The molecule has 1 aromatic heterocycles. The third-order valence-corrected chi connectivity index (χ3v) is 8.39. The Morgan fingerprint density at radius 3 is 2.33 bits per heavy atom. The molecule has 4 aromatic rings. The van der Waals surface area contributed by atoms with Gasteiger partial charge in [-0.1, -0.05) is 65.7 Å². The van der Waals surface area contributed by atoms with Gasteiger partial charge < -0.3 is 4.57 Å². The van der Waals surface area contributed by atoms with Crippen molar-refractivity contribution < 1.29 is 13.2 Å². The normalized spacial score (nSPS) is 12.5. The molecule has 4 rings (SSSR count). The zero-order valence-electron chi connectivity index (χ0n) is 22.3. The van der Waals surface area contributed by atoms with Crippen LogP contribution in [-0.2, 0) is 14.8 Å². The van der Waals surface area contributed by atoms with Crippen molar-refractivity contribution >= 4 is 33.7 Å². The average molecular weight is 563 g/mol. The zero-order chi connectivity index (χ0) is 28.2. The first-order chi connectivity index (χ1) is 18.5. The van der Waals surface area contributed by atoms with Crippen LogP contribution in [0.3, 0.4) is 0 Å². The maximum absolute atomic E-state index is 13.1. The number of nitrogens with one attached hydrogen (secondary N) is 2. The molecular formula is C30H31ClN4O3S. The summed E-state index contributed by atoms with van der Waals surface area (Å²) in [6.45, 7) is 7.80. The van der Waals surface area contributed by atoms with E-state index in [1.165, 1.54) is 0 Å². The Balaban J connectivity index is 1.49. The highest BCUT2D eigenvalue weighted by Crippen LogP contribution is 2.25. The number of hydrogen-bond acceptors (Lipinski definition) is 4. The molecule has 39 heavy (non-hydrogen) atoms. The molecule has 202 valence electrons. The van der Waals surface area contributed by atoms with Crippen molar-refractivity contribution in [3.8, 4) is 5.69 Å².